The highest BCUT2D eigenvalue weighted by Crippen LogP contribution is 2.30. The van der Waals surface area contributed by atoms with Crippen molar-refractivity contribution in [1.82, 2.24) is 4.90 Å². The molecule has 1 saturated heterocycles. The van der Waals surface area contributed by atoms with Gasteiger partial charge in [0.15, 0.2) is 0 Å². The summed E-state index contributed by atoms with van der Waals surface area (Å²) in [7, 11) is 1.61. The Kier molecular flexibility index (Phi) is 4.83. The van der Waals surface area contributed by atoms with Crippen molar-refractivity contribution in [3.05, 3.63) is 29.8 Å². The Balaban J connectivity index is 2.07. The van der Waals surface area contributed by atoms with Crippen LogP contribution in [0.25, 0.3) is 0 Å². The van der Waals surface area contributed by atoms with Crippen LogP contribution in [0.4, 0.5) is 0 Å². The number of para-hydroxylation sites is 1. The van der Waals surface area contributed by atoms with Gasteiger partial charge in [-0.1, -0.05) is 25.1 Å². The van der Waals surface area contributed by atoms with Crippen LogP contribution in [-0.2, 0) is 9.59 Å². The zero-order valence-electron chi connectivity index (χ0n) is 12.4. The molecule has 1 amide bonds. The van der Waals surface area contributed by atoms with E-state index in [1.54, 1.807) is 7.11 Å². The molecule has 1 aromatic rings. The zero-order chi connectivity index (χ0) is 15.4. The smallest absolute Gasteiger partial charge is 0.326 e. The first-order valence-corrected chi connectivity index (χ1v) is 7.19. The standard InChI is InChI=1S/C16H21NO4/c1-11(12-6-3-4-8-14(12)21-2)10-15(18)17-9-5-7-13(17)16(19)20/h3-4,6,8,11,13H,5,7,9-10H2,1-2H3,(H,19,20)/t11-,13+/m0/s1. The SMILES string of the molecule is COc1ccccc1[C@@H](C)CC(=O)N1CCC[C@@H]1C(=O)O. The van der Waals surface area contributed by atoms with E-state index in [4.69, 9.17) is 9.84 Å². The van der Waals surface area contributed by atoms with Gasteiger partial charge in [0.05, 0.1) is 7.11 Å². The highest BCUT2D eigenvalue weighted by Gasteiger charge is 2.34. The highest BCUT2D eigenvalue weighted by atomic mass is 16.5. The number of ether oxygens (including phenoxy) is 1. The molecule has 1 fully saturated rings. The average molecular weight is 291 g/mol. The second-order valence-electron chi connectivity index (χ2n) is 5.43. The van der Waals surface area contributed by atoms with E-state index in [0.717, 1.165) is 17.7 Å². The number of rotatable bonds is 5. The van der Waals surface area contributed by atoms with Gasteiger partial charge >= 0.3 is 5.97 Å². The minimum absolute atomic E-state index is 0.0105. The first kappa shape index (κ1) is 15.4. The molecule has 0 bridgehead atoms. The van der Waals surface area contributed by atoms with Crippen molar-refractivity contribution in [3.63, 3.8) is 0 Å². The minimum Gasteiger partial charge on any atom is -0.496 e. The van der Waals surface area contributed by atoms with Gasteiger partial charge in [0.1, 0.15) is 11.8 Å². The van der Waals surface area contributed by atoms with Crippen LogP contribution in [0.2, 0.25) is 0 Å². The van der Waals surface area contributed by atoms with Crippen LogP contribution in [0.3, 0.4) is 0 Å². The van der Waals surface area contributed by atoms with Crippen LogP contribution in [-0.4, -0.2) is 41.6 Å². The van der Waals surface area contributed by atoms with E-state index >= 15 is 0 Å². The summed E-state index contributed by atoms with van der Waals surface area (Å²) in [6.45, 7) is 2.50. The number of carbonyl (C=O) groups excluding carboxylic acids is 1. The molecule has 2 atom stereocenters. The van der Waals surface area contributed by atoms with Crippen molar-refractivity contribution in [2.24, 2.45) is 0 Å². The Morgan fingerprint density at radius 2 is 2.14 bits per heavy atom. The molecular formula is C16H21NO4. The number of benzene rings is 1. The molecule has 0 aromatic heterocycles. The van der Waals surface area contributed by atoms with Gasteiger partial charge in [-0.15, -0.1) is 0 Å². The van der Waals surface area contributed by atoms with E-state index in [-0.39, 0.29) is 11.8 Å². The molecule has 0 aliphatic carbocycles. The Labute approximate surface area is 124 Å². The number of carboxylic acid groups (broad SMARTS) is 1. The van der Waals surface area contributed by atoms with Crippen molar-refractivity contribution in [3.8, 4) is 5.75 Å². The predicted molar refractivity (Wildman–Crippen MR) is 78.4 cm³/mol. The predicted octanol–water partition coefficient (Wildman–Crippen LogP) is 2.26. The molecule has 1 heterocycles. The van der Waals surface area contributed by atoms with E-state index in [0.29, 0.717) is 19.4 Å². The third-order valence-corrected chi connectivity index (χ3v) is 4.01. The summed E-state index contributed by atoms with van der Waals surface area (Å²) < 4.78 is 5.31. The molecule has 21 heavy (non-hydrogen) atoms. The summed E-state index contributed by atoms with van der Waals surface area (Å²) in [5, 5.41) is 9.15. The van der Waals surface area contributed by atoms with Gasteiger partial charge in [-0.2, -0.15) is 0 Å². The maximum absolute atomic E-state index is 12.4. The second-order valence-corrected chi connectivity index (χ2v) is 5.43. The van der Waals surface area contributed by atoms with E-state index in [2.05, 4.69) is 0 Å². The number of likely N-dealkylation sites (tertiary alicyclic amines) is 1. The molecule has 0 spiro atoms. The Hall–Kier alpha value is -2.04. The fraction of sp³-hybridized carbons (Fsp3) is 0.500. The molecule has 1 aliphatic rings. The van der Waals surface area contributed by atoms with Crippen LogP contribution in [0.5, 0.6) is 5.75 Å². The maximum Gasteiger partial charge on any atom is 0.326 e. The Morgan fingerprint density at radius 1 is 1.43 bits per heavy atom. The maximum atomic E-state index is 12.4. The number of carbonyl (C=O) groups is 2. The van der Waals surface area contributed by atoms with Gasteiger partial charge in [0.25, 0.3) is 0 Å². The summed E-state index contributed by atoms with van der Waals surface area (Å²) in [6, 6.07) is 6.94. The van der Waals surface area contributed by atoms with Crippen molar-refractivity contribution in [2.75, 3.05) is 13.7 Å². The molecule has 1 aromatic carbocycles. The number of carboxylic acids is 1. The normalized spacial score (nSPS) is 19.3. The summed E-state index contributed by atoms with van der Waals surface area (Å²) in [5.74, 6) is -0.262. The number of aliphatic carboxylic acids is 1. The second kappa shape index (κ2) is 6.61. The molecule has 5 heteroatoms. The minimum atomic E-state index is -0.911. The van der Waals surface area contributed by atoms with Crippen molar-refractivity contribution < 1.29 is 19.4 Å². The number of nitrogens with zero attached hydrogens (tertiary/aromatic N) is 1. The fourth-order valence-electron chi connectivity index (χ4n) is 2.88. The molecule has 1 aliphatic heterocycles. The lowest BCUT2D eigenvalue weighted by molar-refractivity contribution is -0.148. The van der Waals surface area contributed by atoms with E-state index in [1.807, 2.05) is 31.2 Å². The van der Waals surface area contributed by atoms with Crippen molar-refractivity contribution >= 4 is 11.9 Å². The molecule has 0 unspecified atom stereocenters. The van der Waals surface area contributed by atoms with Gasteiger partial charge in [-0.25, -0.2) is 4.79 Å². The van der Waals surface area contributed by atoms with Crippen molar-refractivity contribution in [1.29, 1.82) is 0 Å². The largest absolute Gasteiger partial charge is 0.496 e. The average Bonchev–Trinajstić information content (AvgIpc) is 2.96. The van der Waals surface area contributed by atoms with Crippen LogP contribution >= 0.6 is 0 Å². The molecule has 5 nitrogen and oxygen atoms in total. The topological polar surface area (TPSA) is 66.8 Å². The van der Waals surface area contributed by atoms with E-state index in [9.17, 15) is 9.59 Å². The van der Waals surface area contributed by atoms with Crippen LogP contribution < -0.4 is 4.74 Å². The number of amides is 1. The number of hydrogen-bond donors (Lipinski definition) is 1. The lowest BCUT2D eigenvalue weighted by Crippen LogP contribution is -2.40. The zero-order valence-corrected chi connectivity index (χ0v) is 12.4. The third-order valence-electron chi connectivity index (χ3n) is 4.01. The quantitative estimate of drug-likeness (QED) is 0.903. The summed E-state index contributed by atoms with van der Waals surface area (Å²) in [4.78, 5) is 25.0. The summed E-state index contributed by atoms with van der Waals surface area (Å²) >= 11 is 0. The van der Waals surface area contributed by atoms with Gasteiger partial charge in [0.2, 0.25) is 5.91 Å². The Bertz CT molecular complexity index is 529. The summed E-state index contributed by atoms with van der Waals surface area (Å²) in [5.41, 5.74) is 0.972. The lowest BCUT2D eigenvalue weighted by Gasteiger charge is -2.23. The molecule has 1 N–H and O–H groups in total. The first-order valence-electron chi connectivity index (χ1n) is 7.19. The number of hydrogen-bond acceptors (Lipinski definition) is 3. The third kappa shape index (κ3) is 3.35. The van der Waals surface area contributed by atoms with Gasteiger partial charge in [-0.3, -0.25) is 4.79 Å². The fourth-order valence-corrected chi connectivity index (χ4v) is 2.88. The van der Waals surface area contributed by atoms with Gasteiger partial charge in [-0.05, 0) is 30.4 Å². The molecule has 0 radical (unpaired) electrons. The van der Waals surface area contributed by atoms with Gasteiger partial charge in [0, 0.05) is 13.0 Å². The molecule has 2 rings (SSSR count). The van der Waals surface area contributed by atoms with E-state index in [1.165, 1.54) is 4.90 Å². The van der Waals surface area contributed by atoms with Crippen LogP contribution in [0, 0.1) is 0 Å². The summed E-state index contributed by atoms with van der Waals surface area (Å²) in [6.07, 6.45) is 1.60. The first-order chi connectivity index (χ1) is 10.0. The molecular weight excluding hydrogens is 270 g/mol. The number of methoxy groups -OCH3 is 1. The monoisotopic (exact) mass is 291 g/mol. The highest BCUT2D eigenvalue weighted by molar-refractivity contribution is 5.84. The van der Waals surface area contributed by atoms with Crippen molar-refractivity contribution in [2.45, 2.75) is 38.1 Å². The van der Waals surface area contributed by atoms with Crippen LogP contribution in [0.15, 0.2) is 24.3 Å². The van der Waals surface area contributed by atoms with Crippen LogP contribution in [0.1, 0.15) is 37.7 Å². The van der Waals surface area contributed by atoms with Gasteiger partial charge < -0.3 is 14.7 Å². The lowest BCUT2D eigenvalue weighted by atomic mass is 9.96. The molecule has 0 saturated carbocycles. The molecule has 114 valence electrons. The Morgan fingerprint density at radius 3 is 2.81 bits per heavy atom. The van der Waals surface area contributed by atoms with E-state index < -0.39 is 12.0 Å².